The van der Waals surface area contributed by atoms with E-state index in [0.29, 0.717) is 11.3 Å². The summed E-state index contributed by atoms with van der Waals surface area (Å²) >= 11 is 0. The number of benzene rings is 2. The van der Waals surface area contributed by atoms with Gasteiger partial charge in [0.2, 0.25) is 5.91 Å². The molecular weight excluding hydrogens is 556 g/mol. The number of hydrogen-bond donors (Lipinski definition) is 1. The zero-order valence-corrected chi connectivity index (χ0v) is 22.1. The highest BCUT2D eigenvalue weighted by Gasteiger charge is 2.47. The normalized spacial score (nSPS) is 13.0. The molecule has 40 heavy (non-hydrogen) atoms. The van der Waals surface area contributed by atoms with Gasteiger partial charge in [0.1, 0.15) is 11.6 Å². The first-order chi connectivity index (χ1) is 18.8. The Bertz CT molecular complexity index is 1530. The quantitative estimate of drug-likeness (QED) is 0.150. The number of nitrogens with zero attached hydrogens (tertiary/aromatic N) is 3. The molecule has 0 radical (unpaired) electrons. The smallest absolute Gasteiger partial charge is 0.495 e. The van der Waals surface area contributed by atoms with Crippen LogP contribution >= 0.6 is 0 Å². The van der Waals surface area contributed by atoms with Gasteiger partial charge in [0.15, 0.2) is 0 Å². The molecule has 9 nitrogen and oxygen atoms in total. The van der Waals surface area contributed by atoms with Crippen molar-refractivity contribution in [3.05, 3.63) is 83.2 Å². The van der Waals surface area contributed by atoms with E-state index in [1.165, 1.54) is 19.2 Å². The molecule has 0 spiro atoms. The maximum atomic E-state index is 13.3. The van der Waals surface area contributed by atoms with Gasteiger partial charge in [0.05, 0.1) is 43.5 Å². The van der Waals surface area contributed by atoms with Crippen molar-refractivity contribution in [1.82, 2.24) is 14.9 Å². The number of aryl methyl sites for hydroxylation is 1. The summed E-state index contributed by atoms with van der Waals surface area (Å²) in [7, 11) is -4.43. The van der Waals surface area contributed by atoms with Gasteiger partial charge >= 0.3 is 15.6 Å². The lowest BCUT2D eigenvalue weighted by Crippen LogP contribution is -2.34. The minimum Gasteiger partial charge on any atom is -0.495 e. The van der Waals surface area contributed by atoms with E-state index in [1.807, 2.05) is 19.2 Å². The van der Waals surface area contributed by atoms with Gasteiger partial charge in [-0.1, -0.05) is 18.2 Å². The van der Waals surface area contributed by atoms with Crippen LogP contribution in [-0.4, -0.2) is 43.1 Å². The number of carbonyl (C=O) groups excluding carboxylic acids is 1. The molecule has 0 saturated carbocycles. The van der Waals surface area contributed by atoms with Gasteiger partial charge < -0.3 is 14.6 Å². The molecule has 1 N–H and O–H groups in total. The van der Waals surface area contributed by atoms with Gasteiger partial charge in [-0.3, -0.25) is 8.98 Å². The molecule has 1 unspecified atom stereocenters. The molecule has 0 saturated heterocycles. The Kier molecular flexibility index (Phi) is 9.67. The first-order valence-electron chi connectivity index (χ1n) is 11.6. The summed E-state index contributed by atoms with van der Waals surface area (Å²) in [5, 5.41) is 12.0. The average molecular weight is 581 g/mol. The number of alkyl halides is 3. The van der Waals surface area contributed by atoms with Crippen LogP contribution in [0.15, 0.2) is 60.6 Å². The third-order valence-electron chi connectivity index (χ3n) is 5.58. The number of methoxy groups -OCH3 is 1. The Balaban J connectivity index is 1.71. The summed E-state index contributed by atoms with van der Waals surface area (Å²) in [5.74, 6) is -0.838. The minimum absolute atomic E-state index is 0.0367. The van der Waals surface area contributed by atoms with Crippen molar-refractivity contribution < 1.29 is 39.7 Å². The topological polar surface area (TPSA) is 123 Å². The Morgan fingerprint density at radius 1 is 1.20 bits per heavy atom. The summed E-state index contributed by atoms with van der Waals surface area (Å²) in [6.07, 6.45) is 4.70. The molecule has 3 aromatic rings. The van der Waals surface area contributed by atoms with E-state index in [0.717, 1.165) is 23.5 Å². The van der Waals surface area contributed by atoms with Crippen LogP contribution in [0.1, 0.15) is 35.7 Å². The summed E-state index contributed by atoms with van der Waals surface area (Å²) in [5.41, 5.74) is -3.17. The minimum atomic E-state index is -5.93. The Morgan fingerprint density at radius 3 is 2.48 bits per heavy atom. The van der Waals surface area contributed by atoms with Crippen LogP contribution in [0, 0.1) is 24.1 Å². The monoisotopic (exact) mass is 580 g/mol. The van der Waals surface area contributed by atoms with Crippen molar-refractivity contribution in [2.75, 3.05) is 13.7 Å². The Morgan fingerprint density at radius 2 is 1.90 bits per heavy atom. The highest BCUT2D eigenvalue weighted by molar-refractivity contribution is 7.87. The van der Waals surface area contributed by atoms with Crippen molar-refractivity contribution in [1.29, 1.82) is 5.26 Å². The molecule has 1 aromatic heterocycles. The number of ether oxygens (including phenoxy) is 1. The number of allylic oxidation sites excluding steroid dienone is 1. The molecule has 212 valence electrons. The van der Waals surface area contributed by atoms with Gasteiger partial charge in [-0.05, 0) is 54.8 Å². The van der Waals surface area contributed by atoms with Crippen molar-refractivity contribution in [2.45, 2.75) is 31.3 Å². The van der Waals surface area contributed by atoms with Crippen LogP contribution < -0.4 is 10.1 Å². The lowest BCUT2D eigenvalue weighted by molar-refractivity contribution is -0.122. The largest absolute Gasteiger partial charge is 0.523 e. The van der Waals surface area contributed by atoms with Crippen LogP contribution in [0.2, 0.25) is 0 Å². The van der Waals surface area contributed by atoms with Crippen molar-refractivity contribution in [3.63, 3.8) is 0 Å². The molecule has 0 aliphatic heterocycles. The number of nitrogens with one attached hydrogen (secondary N) is 1. The Hall–Kier alpha value is -4.22. The van der Waals surface area contributed by atoms with Crippen LogP contribution in [0.25, 0.3) is 11.8 Å². The van der Waals surface area contributed by atoms with Gasteiger partial charge in [-0.25, -0.2) is 9.37 Å². The number of amides is 1. The zero-order valence-electron chi connectivity index (χ0n) is 21.3. The van der Waals surface area contributed by atoms with Gasteiger partial charge in [-0.2, -0.15) is 26.9 Å². The number of halogens is 4. The van der Waals surface area contributed by atoms with Crippen molar-refractivity contribution in [3.8, 4) is 17.5 Å². The van der Waals surface area contributed by atoms with Crippen LogP contribution in [0.4, 0.5) is 17.6 Å². The van der Waals surface area contributed by atoms with E-state index >= 15 is 0 Å². The maximum absolute atomic E-state index is 13.3. The fraction of sp³-hybridized carbons (Fsp3) is 0.269. The Labute approximate surface area is 227 Å². The van der Waals surface area contributed by atoms with Gasteiger partial charge in [0.25, 0.3) is 0 Å². The number of nitriles is 1. The second-order valence-electron chi connectivity index (χ2n) is 8.49. The summed E-state index contributed by atoms with van der Waals surface area (Å²) in [6, 6.07) is 10.2. The van der Waals surface area contributed by atoms with Gasteiger partial charge in [-0.15, -0.1) is 0 Å². The molecule has 2 aromatic carbocycles. The number of aromatic nitrogens is 2. The van der Waals surface area contributed by atoms with Crippen LogP contribution in [0.5, 0.6) is 5.75 Å². The van der Waals surface area contributed by atoms with E-state index in [1.54, 1.807) is 35.2 Å². The molecule has 14 heteroatoms. The van der Waals surface area contributed by atoms with Crippen molar-refractivity contribution >= 4 is 22.1 Å². The molecule has 0 aliphatic carbocycles. The average Bonchev–Trinajstić information content (AvgIpc) is 3.34. The van der Waals surface area contributed by atoms with Crippen LogP contribution in [-0.2, 0) is 19.1 Å². The van der Waals surface area contributed by atoms with E-state index in [4.69, 9.17) is 4.74 Å². The molecule has 0 fully saturated rings. The lowest BCUT2D eigenvalue weighted by atomic mass is 10.0. The summed E-state index contributed by atoms with van der Waals surface area (Å²) in [4.78, 5) is 16.8. The van der Waals surface area contributed by atoms with Crippen LogP contribution in [0.3, 0.4) is 0 Å². The van der Waals surface area contributed by atoms with E-state index < -0.39 is 40.0 Å². The highest BCUT2D eigenvalue weighted by Crippen LogP contribution is 2.27. The number of carbonyl (C=O) groups is 1. The third-order valence-corrected chi connectivity index (χ3v) is 6.59. The first-order valence-corrected chi connectivity index (χ1v) is 13.0. The number of imidazole rings is 1. The fourth-order valence-electron chi connectivity index (χ4n) is 3.57. The SMILES string of the molecule is COc1cc(/C=C(/C#N)CCC(=O)NC(COS(=O)(=O)C(F)(F)F)c2ccc(F)cc2)ccc1-n1cnc(C)c1. The lowest BCUT2D eigenvalue weighted by Gasteiger charge is -2.19. The van der Waals surface area contributed by atoms with Crippen molar-refractivity contribution in [2.24, 2.45) is 0 Å². The molecule has 3 rings (SSSR count). The third kappa shape index (κ3) is 7.90. The molecule has 0 aliphatic rings. The highest BCUT2D eigenvalue weighted by atomic mass is 32.2. The molecule has 0 bridgehead atoms. The molecular formula is C26H24F4N4O5S. The van der Waals surface area contributed by atoms with Gasteiger partial charge in [0, 0.05) is 18.2 Å². The number of rotatable bonds is 11. The van der Waals surface area contributed by atoms with E-state index in [2.05, 4.69) is 14.5 Å². The molecule has 1 atom stereocenters. The maximum Gasteiger partial charge on any atom is 0.523 e. The second-order valence-corrected chi connectivity index (χ2v) is 10.1. The summed E-state index contributed by atoms with van der Waals surface area (Å²) < 4.78 is 85.4. The fourth-order valence-corrected chi connectivity index (χ4v) is 4.02. The molecule has 1 amide bonds. The van der Waals surface area contributed by atoms with E-state index in [9.17, 15) is 36.0 Å². The predicted molar refractivity (Wildman–Crippen MR) is 136 cm³/mol. The standard InChI is InChI=1S/C26H24F4N4O5S/c1-17-14-34(16-32-17)23-9-3-18(12-24(23)38-2)11-19(13-31)4-10-25(35)33-22(20-5-7-21(27)8-6-20)15-39-40(36,37)26(28,29)30/h3,5-9,11-12,14,16,22H,4,10,15H2,1-2H3,(H,33,35)/b19-11+. The van der Waals surface area contributed by atoms with E-state index in [-0.39, 0.29) is 24.0 Å². The predicted octanol–water partition coefficient (Wildman–Crippen LogP) is 4.74. The zero-order chi connectivity index (χ0) is 29.5. The summed E-state index contributed by atoms with van der Waals surface area (Å²) in [6.45, 7) is 0.761. The molecule has 1 heterocycles. The second kappa shape index (κ2) is 12.8. The first kappa shape index (κ1) is 30.3. The number of hydrogen-bond acceptors (Lipinski definition) is 7.